The highest BCUT2D eigenvalue weighted by Crippen LogP contribution is 2.06. The van der Waals surface area contributed by atoms with Gasteiger partial charge in [-0.25, -0.2) is 9.97 Å². The van der Waals surface area contributed by atoms with Gasteiger partial charge in [0.05, 0.1) is 12.4 Å². The van der Waals surface area contributed by atoms with Gasteiger partial charge in [-0.15, -0.1) is 0 Å². The fraction of sp³-hybridized carbons (Fsp3) is 0.238. The molecule has 3 aromatic rings. The van der Waals surface area contributed by atoms with Gasteiger partial charge in [0, 0.05) is 32.5 Å². The van der Waals surface area contributed by atoms with E-state index in [1.54, 1.807) is 30.5 Å². The number of amides is 1. The normalized spacial score (nSPS) is 10.4. The van der Waals surface area contributed by atoms with Gasteiger partial charge in [-0.1, -0.05) is 30.3 Å². The summed E-state index contributed by atoms with van der Waals surface area (Å²) >= 11 is 0. The van der Waals surface area contributed by atoms with Crippen LogP contribution in [0.2, 0.25) is 0 Å². The second-order valence-corrected chi connectivity index (χ2v) is 6.28. The second kappa shape index (κ2) is 9.43. The van der Waals surface area contributed by atoms with Crippen molar-refractivity contribution in [3.05, 3.63) is 84.1 Å². The molecule has 0 radical (unpaired) electrons. The average Bonchev–Trinajstić information content (AvgIpc) is 2.73. The summed E-state index contributed by atoms with van der Waals surface area (Å²) in [6, 6.07) is 14.2. The van der Waals surface area contributed by atoms with Gasteiger partial charge < -0.3 is 10.2 Å². The van der Waals surface area contributed by atoms with Crippen molar-refractivity contribution in [3.8, 4) is 0 Å². The third kappa shape index (κ3) is 5.60. The molecule has 0 bridgehead atoms. The predicted octanol–water partition coefficient (Wildman–Crippen LogP) is 2.84. The second-order valence-electron chi connectivity index (χ2n) is 6.28. The fourth-order valence-electron chi connectivity index (χ4n) is 2.65. The van der Waals surface area contributed by atoms with Crippen LogP contribution < -0.4 is 5.32 Å². The minimum Gasteiger partial charge on any atom is -0.368 e. The summed E-state index contributed by atoms with van der Waals surface area (Å²) in [7, 11) is 1.78. The maximum Gasteiger partial charge on any atom is 0.273 e. The zero-order chi connectivity index (χ0) is 18.9. The van der Waals surface area contributed by atoms with E-state index in [2.05, 4.69) is 32.4 Å². The van der Waals surface area contributed by atoms with Crippen molar-refractivity contribution < 1.29 is 4.79 Å². The molecule has 1 amide bonds. The first-order chi connectivity index (χ1) is 13.2. The van der Waals surface area contributed by atoms with Crippen LogP contribution in [-0.4, -0.2) is 45.9 Å². The number of nitrogens with zero attached hydrogens (tertiary/aromatic N) is 4. The maximum atomic E-state index is 12.5. The van der Waals surface area contributed by atoms with Gasteiger partial charge in [0.1, 0.15) is 11.5 Å². The highest BCUT2D eigenvalue weighted by Gasteiger charge is 2.13. The summed E-state index contributed by atoms with van der Waals surface area (Å²) in [5.41, 5.74) is 2.76. The first-order valence-corrected chi connectivity index (χ1v) is 8.96. The number of carbonyl (C=O) groups is 1. The highest BCUT2D eigenvalue weighted by atomic mass is 16.2. The Bertz CT molecular complexity index is 837. The zero-order valence-corrected chi connectivity index (χ0v) is 15.4. The largest absolute Gasteiger partial charge is 0.368 e. The molecule has 0 aliphatic carbocycles. The number of pyridine rings is 1. The summed E-state index contributed by atoms with van der Waals surface area (Å²) in [6.45, 7) is 1.37. The minimum absolute atomic E-state index is 0.132. The van der Waals surface area contributed by atoms with Crippen LogP contribution in [0, 0.1) is 0 Å². The highest BCUT2D eigenvalue weighted by molar-refractivity contribution is 5.91. The van der Waals surface area contributed by atoms with Crippen LogP contribution in [0.25, 0.3) is 0 Å². The van der Waals surface area contributed by atoms with Crippen LogP contribution in [0.1, 0.15) is 21.6 Å². The molecule has 0 saturated carbocycles. The first kappa shape index (κ1) is 18.5. The molecule has 0 saturated heterocycles. The van der Waals surface area contributed by atoms with Gasteiger partial charge in [-0.3, -0.25) is 9.78 Å². The molecule has 1 aromatic carbocycles. The average molecular weight is 361 g/mol. The molecule has 0 spiro atoms. The molecule has 138 valence electrons. The number of hydrogen-bond donors (Lipinski definition) is 1. The monoisotopic (exact) mass is 361 g/mol. The van der Waals surface area contributed by atoms with Gasteiger partial charge >= 0.3 is 0 Å². The Morgan fingerprint density at radius 3 is 2.41 bits per heavy atom. The lowest BCUT2D eigenvalue weighted by atomic mass is 10.1. The molecule has 6 heteroatoms. The zero-order valence-electron chi connectivity index (χ0n) is 15.4. The quantitative estimate of drug-likeness (QED) is 0.668. The Hall–Kier alpha value is -3.28. The molecule has 0 fully saturated rings. The van der Waals surface area contributed by atoms with Gasteiger partial charge in [-0.2, -0.15) is 0 Å². The Morgan fingerprint density at radius 1 is 0.963 bits per heavy atom. The van der Waals surface area contributed by atoms with Crippen molar-refractivity contribution in [2.75, 3.05) is 25.5 Å². The Balaban J connectivity index is 1.47. The van der Waals surface area contributed by atoms with Crippen molar-refractivity contribution >= 4 is 11.7 Å². The summed E-state index contributed by atoms with van der Waals surface area (Å²) in [5.74, 6) is 0.536. The van der Waals surface area contributed by atoms with Crippen molar-refractivity contribution in [1.29, 1.82) is 0 Å². The third-order valence-electron chi connectivity index (χ3n) is 4.27. The molecule has 6 nitrogen and oxygen atoms in total. The number of benzene rings is 1. The summed E-state index contributed by atoms with van der Waals surface area (Å²) in [4.78, 5) is 26.7. The molecular formula is C21H23N5O. The van der Waals surface area contributed by atoms with E-state index >= 15 is 0 Å². The van der Waals surface area contributed by atoms with Gasteiger partial charge in [0.2, 0.25) is 0 Å². The van der Waals surface area contributed by atoms with Crippen molar-refractivity contribution in [2.24, 2.45) is 0 Å². The topological polar surface area (TPSA) is 71.0 Å². The number of aromatic nitrogens is 3. The van der Waals surface area contributed by atoms with E-state index < -0.39 is 0 Å². The molecule has 0 unspecified atom stereocenters. The lowest BCUT2D eigenvalue weighted by Gasteiger charge is -2.16. The summed E-state index contributed by atoms with van der Waals surface area (Å²) in [5, 5.41) is 3.23. The number of rotatable bonds is 8. The maximum absolute atomic E-state index is 12.5. The van der Waals surface area contributed by atoms with E-state index in [-0.39, 0.29) is 5.91 Å². The van der Waals surface area contributed by atoms with Crippen molar-refractivity contribution in [2.45, 2.75) is 12.8 Å². The number of carbonyl (C=O) groups excluding carboxylic acids is 1. The molecule has 2 heterocycles. The van der Waals surface area contributed by atoms with Gasteiger partial charge in [-0.05, 0) is 36.1 Å². The lowest BCUT2D eigenvalue weighted by Crippen LogP contribution is -2.29. The van der Waals surface area contributed by atoms with E-state index in [1.165, 1.54) is 11.8 Å². The third-order valence-corrected chi connectivity index (χ3v) is 4.27. The van der Waals surface area contributed by atoms with E-state index in [0.29, 0.717) is 18.1 Å². The van der Waals surface area contributed by atoms with Gasteiger partial charge in [0.15, 0.2) is 0 Å². The predicted molar refractivity (Wildman–Crippen MR) is 106 cm³/mol. The van der Waals surface area contributed by atoms with E-state index in [4.69, 9.17) is 0 Å². The molecular weight excluding hydrogens is 338 g/mol. The van der Waals surface area contributed by atoms with Crippen LogP contribution in [0.15, 0.2) is 67.3 Å². The lowest BCUT2D eigenvalue weighted by molar-refractivity contribution is 0.0790. The smallest absolute Gasteiger partial charge is 0.273 e. The molecule has 3 rings (SSSR count). The number of anilines is 1. The van der Waals surface area contributed by atoms with E-state index in [9.17, 15) is 4.79 Å². The number of hydrogen-bond acceptors (Lipinski definition) is 5. The minimum atomic E-state index is -0.132. The molecule has 1 N–H and O–H groups in total. The van der Waals surface area contributed by atoms with Crippen molar-refractivity contribution in [3.63, 3.8) is 0 Å². The molecule has 0 aliphatic rings. The SMILES string of the molecule is CN(CCc1ccncc1)C(=O)c1cnc(NCCc2ccccc2)cn1. The van der Waals surface area contributed by atoms with Crippen LogP contribution >= 0.6 is 0 Å². The fourth-order valence-corrected chi connectivity index (χ4v) is 2.65. The summed E-state index contributed by atoms with van der Waals surface area (Å²) < 4.78 is 0. The van der Waals surface area contributed by atoms with Crippen molar-refractivity contribution in [1.82, 2.24) is 19.9 Å². The van der Waals surface area contributed by atoms with Crippen LogP contribution in [0.5, 0.6) is 0 Å². The standard InChI is InChI=1S/C21H23N5O/c1-26(14-10-18-7-11-22-12-8-18)21(27)19-15-25-20(16-24-19)23-13-9-17-5-3-2-4-6-17/h2-8,11-12,15-16H,9-10,13-14H2,1H3,(H,23,25). The van der Waals surface area contributed by atoms with E-state index in [1.807, 2.05) is 30.3 Å². The number of likely N-dealkylation sites (N-methyl/N-ethyl adjacent to an activating group) is 1. The van der Waals surface area contributed by atoms with Crippen LogP contribution in [-0.2, 0) is 12.8 Å². The molecule has 0 atom stereocenters. The van der Waals surface area contributed by atoms with Gasteiger partial charge in [0.25, 0.3) is 5.91 Å². The first-order valence-electron chi connectivity index (χ1n) is 8.96. The van der Waals surface area contributed by atoms with E-state index in [0.717, 1.165) is 24.9 Å². The Morgan fingerprint density at radius 2 is 1.70 bits per heavy atom. The molecule has 2 aromatic heterocycles. The van der Waals surface area contributed by atoms with Crippen LogP contribution in [0.3, 0.4) is 0 Å². The molecule has 27 heavy (non-hydrogen) atoms. The number of nitrogens with one attached hydrogen (secondary N) is 1. The Labute approximate surface area is 159 Å². The summed E-state index contributed by atoms with van der Waals surface area (Å²) in [6.07, 6.45) is 8.32. The van der Waals surface area contributed by atoms with Crippen LogP contribution in [0.4, 0.5) is 5.82 Å². The Kier molecular flexibility index (Phi) is 6.46. The molecule has 0 aliphatic heterocycles.